The molecular weight excluding hydrogens is 114 g/mol. The van der Waals surface area contributed by atoms with Gasteiger partial charge >= 0.3 is 0 Å². The third-order valence-corrected chi connectivity index (χ3v) is 2.82. The quantitative estimate of drug-likeness (QED) is 0.374. The van der Waals surface area contributed by atoms with E-state index in [-0.39, 0.29) is 8.99 Å². The first-order valence-electron chi connectivity index (χ1n) is 2.05. The second-order valence-corrected chi connectivity index (χ2v) is 3.33. The first-order valence-corrected chi connectivity index (χ1v) is 4.82. The Hall–Kier alpha value is 0.467. The van der Waals surface area contributed by atoms with Gasteiger partial charge in [-0.2, -0.15) is 11.1 Å². The molecule has 0 radical (unpaired) electrons. The zero-order chi connectivity index (χ0) is 4.99. The fourth-order valence-corrected chi connectivity index (χ4v) is 0.761. The van der Waals surface area contributed by atoms with Crippen LogP contribution in [0.25, 0.3) is 0 Å². The van der Waals surface area contributed by atoms with Gasteiger partial charge in [-0.25, -0.2) is 0 Å². The van der Waals surface area contributed by atoms with Crippen LogP contribution in [-0.4, -0.2) is 27.1 Å². The van der Waals surface area contributed by atoms with E-state index < -0.39 is 0 Å². The first kappa shape index (κ1) is 6.47. The molecule has 0 saturated heterocycles. The van der Waals surface area contributed by atoms with Gasteiger partial charge in [-0.3, -0.25) is 0 Å². The molecule has 6 heavy (non-hydrogen) atoms. The SMILES string of the molecule is CCN(C)[SiH2]Cl. The lowest BCUT2D eigenvalue weighted by Crippen LogP contribution is -2.17. The number of rotatable bonds is 2. The molecule has 0 N–H and O–H groups in total. The maximum atomic E-state index is 5.52. The molecule has 0 aromatic carbocycles. The normalized spacial score (nSPS) is 12.0. The largest absolute Gasteiger partial charge is 0.320 e. The van der Waals surface area contributed by atoms with Gasteiger partial charge in [-0.05, 0) is 13.6 Å². The Labute approximate surface area is 45.9 Å². The van der Waals surface area contributed by atoms with E-state index in [1.165, 1.54) is 0 Å². The fraction of sp³-hybridized carbons (Fsp3) is 1.00. The molecule has 38 valence electrons. The van der Waals surface area contributed by atoms with Crippen LogP contribution < -0.4 is 0 Å². The third kappa shape index (κ3) is 2.69. The van der Waals surface area contributed by atoms with E-state index in [0.29, 0.717) is 0 Å². The Morgan fingerprint density at radius 3 is 2.33 bits per heavy atom. The van der Waals surface area contributed by atoms with E-state index in [0.717, 1.165) is 6.54 Å². The highest BCUT2D eigenvalue weighted by atomic mass is 35.6. The number of hydrogen-bond acceptors (Lipinski definition) is 1. The number of hydrogen-bond donors (Lipinski definition) is 0. The van der Waals surface area contributed by atoms with Crippen LogP contribution in [0, 0.1) is 0 Å². The molecule has 0 atom stereocenters. The van der Waals surface area contributed by atoms with Crippen LogP contribution in [0.4, 0.5) is 0 Å². The standard InChI is InChI=1S/C3H10ClNSi/c1-3-5(2)6-4/h3,6H2,1-2H3. The molecule has 0 aromatic heterocycles. The summed E-state index contributed by atoms with van der Waals surface area (Å²) in [7, 11) is 1.68. The fourth-order valence-electron chi connectivity index (χ4n) is 0.0845. The van der Waals surface area contributed by atoms with Crippen molar-refractivity contribution in [2.45, 2.75) is 6.92 Å². The smallest absolute Gasteiger partial charge is 0.197 e. The molecule has 0 aliphatic carbocycles. The Morgan fingerprint density at radius 1 is 1.83 bits per heavy atom. The lowest BCUT2D eigenvalue weighted by atomic mass is 10.8. The van der Waals surface area contributed by atoms with E-state index in [9.17, 15) is 0 Å². The van der Waals surface area contributed by atoms with E-state index in [1.54, 1.807) is 0 Å². The minimum atomic E-state index is -0.356. The van der Waals surface area contributed by atoms with Crippen molar-refractivity contribution in [3.8, 4) is 0 Å². The van der Waals surface area contributed by atoms with Crippen molar-refractivity contribution < 1.29 is 0 Å². The third-order valence-electron chi connectivity index (χ3n) is 0.744. The summed E-state index contributed by atoms with van der Waals surface area (Å²) in [4.78, 5) is 0. The molecule has 0 spiro atoms. The van der Waals surface area contributed by atoms with Crippen molar-refractivity contribution in [2.75, 3.05) is 13.6 Å². The second-order valence-electron chi connectivity index (χ2n) is 1.29. The van der Waals surface area contributed by atoms with Crippen molar-refractivity contribution >= 4 is 20.1 Å². The first-order chi connectivity index (χ1) is 2.81. The van der Waals surface area contributed by atoms with Crippen molar-refractivity contribution in [3.63, 3.8) is 0 Å². The van der Waals surface area contributed by atoms with Gasteiger partial charge in [0.2, 0.25) is 0 Å². The molecule has 0 fully saturated rings. The van der Waals surface area contributed by atoms with Gasteiger partial charge in [0.15, 0.2) is 8.99 Å². The van der Waals surface area contributed by atoms with Gasteiger partial charge in [0, 0.05) is 0 Å². The Kier molecular flexibility index (Phi) is 3.93. The number of nitrogens with zero attached hydrogens (tertiary/aromatic N) is 1. The minimum Gasteiger partial charge on any atom is -0.320 e. The highest BCUT2D eigenvalue weighted by Gasteiger charge is 1.85. The van der Waals surface area contributed by atoms with E-state index in [2.05, 4.69) is 11.5 Å². The summed E-state index contributed by atoms with van der Waals surface area (Å²) < 4.78 is 2.15. The summed E-state index contributed by atoms with van der Waals surface area (Å²) in [6, 6.07) is 0. The predicted octanol–water partition coefficient (Wildman–Crippen LogP) is 0.176. The maximum Gasteiger partial charge on any atom is 0.197 e. The van der Waals surface area contributed by atoms with Crippen LogP contribution in [0.1, 0.15) is 6.92 Å². The molecular formula is C3H10ClNSi. The molecule has 0 unspecified atom stereocenters. The average Bonchev–Trinajstić information content (AvgIpc) is 1.65. The molecule has 0 rings (SSSR count). The second kappa shape index (κ2) is 3.65. The predicted molar refractivity (Wildman–Crippen MR) is 32.7 cm³/mol. The molecule has 0 aliphatic heterocycles. The Bertz CT molecular complexity index is 30.0. The molecule has 0 aliphatic rings. The van der Waals surface area contributed by atoms with Crippen molar-refractivity contribution in [1.82, 2.24) is 4.57 Å². The molecule has 0 amide bonds. The lowest BCUT2D eigenvalue weighted by molar-refractivity contribution is 0.577. The highest BCUT2D eigenvalue weighted by molar-refractivity contribution is 6.91. The summed E-state index contributed by atoms with van der Waals surface area (Å²) >= 11 is 5.52. The molecule has 0 heterocycles. The summed E-state index contributed by atoms with van der Waals surface area (Å²) in [5.41, 5.74) is 0. The highest BCUT2D eigenvalue weighted by Crippen LogP contribution is 1.76. The average molecular weight is 124 g/mol. The van der Waals surface area contributed by atoms with Crippen LogP contribution in [0.2, 0.25) is 0 Å². The zero-order valence-corrected chi connectivity index (χ0v) is 6.41. The molecule has 0 bridgehead atoms. The summed E-state index contributed by atoms with van der Waals surface area (Å²) in [5, 5.41) is 0. The number of halogens is 1. The van der Waals surface area contributed by atoms with Crippen molar-refractivity contribution in [2.24, 2.45) is 0 Å². The molecule has 0 aromatic rings. The topological polar surface area (TPSA) is 3.24 Å². The van der Waals surface area contributed by atoms with Crippen LogP contribution in [0.3, 0.4) is 0 Å². The molecule has 3 heteroatoms. The van der Waals surface area contributed by atoms with Gasteiger partial charge in [0.25, 0.3) is 0 Å². The van der Waals surface area contributed by atoms with Crippen molar-refractivity contribution in [1.29, 1.82) is 0 Å². The van der Waals surface area contributed by atoms with Crippen LogP contribution in [0.5, 0.6) is 0 Å². The van der Waals surface area contributed by atoms with Gasteiger partial charge in [0.05, 0.1) is 0 Å². The van der Waals surface area contributed by atoms with E-state index in [4.69, 9.17) is 11.1 Å². The summed E-state index contributed by atoms with van der Waals surface area (Å²) in [5.74, 6) is 0. The zero-order valence-electron chi connectivity index (χ0n) is 4.24. The van der Waals surface area contributed by atoms with Crippen LogP contribution >= 0.6 is 11.1 Å². The van der Waals surface area contributed by atoms with Crippen molar-refractivity contribution in [3.05, 3.63) is 0 Å². The van der Waals surface area contributed by atoms with Gasteiger partial charge in [-0.15, -0.1) is 0 Å². The van der Waals surface area contributed by atoms with Gasteiger partial charge in [-0.1, -0.05) is 6.92 Å². The minimum absolute atomic E-state index is 0.356. The Balaban J connectivity index is 2.75. The van der Waals surface area contributed by atoms with E-state index >= 15 is 0 Å². The maximum absolute atomic E-state index is 5.52. The molecule has 1 nitrogen and oxygen atoms in total. The van der Waals surface area contributed by atoms with Crippen LogP contribution in [0.15, 0.2) is 0 Å². The summed E-state index contributed by atoms with van der Waals surface area (Å²) in [6.07, 6.45) is 0. The Morgan fingerprint density at radius 2 is 2.33 bits per heavy atom. The molecule has 0 saturated carbocycles. The van der Waals surface area contributed by atoms with Gasteiger partial charge < -0.3 is 4.57 Å². The van der Waals surface area contributed by atoms with E-state index in [1.807, 2.05) is 7.05 Å². The van der Waals surface area contributed by atoms with Crippen LogP contribution in [-0.2, 0) is 0 Å². The monoisotopic (exact) mass is 123 g/mol. The van der Waals surface area contributed by atoms with Gasteiger partial charge in [0.1, 0.15) is 0 Å². The summed E-state index contributed by atoms with van der Waals surface area (Å²) in [6.45, 7) is 3.20. The lowest BCUT2D eigenvalue weighted by Gasteiger charge is -2.05.